The molecule has 7 heteroatoms. The second kappa shape index (κ2) is 6.74. The maximum Gasteiger partial charge on any atom is 0.277 e. The van der Waals surface area contributed by atoms with Gasteiger partial charge in [0.15, 0.2) is 5.69 Å². The van der Waals surface area contributed by atoms with Crippen LogP contribution in [0.5, 0.6) is 0 Å². The van der Waals surface area contributed by atoms with Gasteiger partial charge in [-0.3, -0.25) is 9.59 Å². The number of amides is 2. The van der Waals surface area contributed by atoms with Gasteiger partial charge in [0.25, 0.3) is 5.91 Å². The molecule has 3 rings (SSSR count). The molecule has 0 bridgehead atoms. The van der Waals surface area contributed by atoms with Crippen molar-refractivity contribution in [2.24, 2.45) is 0 Å². The van der Waals surface area contributed by atoms with E-state index in [-0.39, 0.29) is 17.5 Å². The van der Waals surface area contributed by atoms with Crippen LogP contribution >= 0.6 is 0 Å². The zero-order valence-corrected chi connectivity index (χ0v) is 12.9. The van der Waals surface area contributed by atoms with Crippen LogP contribution in [0.25, 0.3) is 5.69 Å². The molecule has 2 N–H and O–H groups in total. The molecule has 2 aromatic carbocycles. The first-order valence-electron chi connectivity index (χ1n) is 7.28. The van der Waals surface area contributed by atoms with E-state index in [1.54, 1.807) is 30.5 Å². The molecule has 0 saturated heterocycles. The number of benzene rings is 2. The number of nitrogens with zero attached hydrogens (tertiary/aromatic N) is 3. The molecule has 0 atom stereocenters. The molecule has 120 valence electrons. The molecular weight excluding hydrogens is 306 g/mol. The van der Waals surface area contributed by atoms with Crippen molar-refractivity contribution in [2.45, 2.75) is 6.92 Å². The van der Waals surface area contributed by atoms with Crippen LogP contribution in [-0.4, -0.2) is 26.8 Å². The van der Waals surface area contributed by atoms with Gasteiger partial charge in [0.2, 0.25) is 5.91 Å². The van der Waals surface area contributed by atoms with Gasteiger partial charge in [0, 0.05) is 18.3 Å². The van der Waals surface area contributed by atoms with Crippen LogP contribution in [-0.2, 0) is 4.79 Å². The van der Waals surface area contributed by atoms with Crippen LogP contribution in [0.15, 0.2) is 60.8 Å². The van der Waals surface area contributed by atoms with Crippen LogP contribution in [0.1, 0.15) is 17.4 Å². The minimum Gasteiger partial charge on any atom is -0.326 e. The first-order chi connectivity index (χ1) is 11.6. The third-order valence-corrected chi connectivity index (χ3v) is 3.19. The number of para-hydroxylation sites is 1. The van der Waals surface area contributed by atoms with Gasteiger partial charge in [-0.25, -0.2) is 4.68 Å². The Hall–Kier alpha value is -3.48. The summed E-state index contributed by atoms with van der Waals surface area (Å²) in [6, 6.07) is 16.3. The molecular formula is C17H15N5O2. The highest BCUT2D eigenvalue weighted by molar-refractivity contribution is 6.03. The Morgan fingerprint density at radius 2 is 1.67 bits per heavy atom. The van der Waals surface area contributed by atoms with Crippen molar-refractivity contribution in [1.82, 2.24) is 15.0 Å². The van der Waals surface area contributed by atoms with E-state index in [9.17, 15) is 9.59 Å². The lowest BCUT2D eigenvalue weighted by atomic mass is 10.2. The van der Waals surface area contributed by atoms with Crippen LogP contribution in [0.4, 0.5) is 11.4 Å². The monoisotopic (exact) mass is 321 g/mol. The van der Waals surface area contributed by atoms with Crippen molar-refractivity contribution in [1.29, 1.82) is 0 Å². The van der Waals surface area contributed by atoms with E-state index in [2.05, 4.69) is 20.9 Å². The summed E-state index contributed by atoms with van der Waals surface area (Å²) in [5.74, 6) is -0.554. The Balaban J connectivity index is 1.74. The van der Waals surface area contributed by atoms with Gasteiger partial charge in [-0.15, -0.1) is 5.10 Å². The lowest BCUT2D eigenvalue weighted by Crippen LogP contribution is -2.13. The minimum atomic E-state index is -0.378. The van der Waals surface area contributed by atoms with Gasteiger partial charge < -0.3 is 10.6 Å². The first-order valence-corrected chi connectivity index (χ1v) is 7.28. The van der Waals surface area contributed by atoms with Crippen molar-refractivity contribution in [3.05, 3.63) is 66.5 Å². The van der Waals surface area contributed by atoms with Crippen molar-refractivity contribution in [2.75, 3.05) is 10.6 Å². The summed E-state index contributed by atoms with van der Waals surface area (Å²) in [4.78, 5) is 23.4. The summed E-state index contributed by atoms with van der Waals surface area (Å²) in [6.45, 7) is 1.42. The molecule has 0 aliphatic carbocycles. The van der Waals surface area contributed by atoms with E-state index < -0.39 is 0 Å². The Bertz CT molecular complexity index is 873. The standard InChI is InChI=1S/C17H15N5O2/c1-12(23)18-13-6-5-7-14(10-13)19-17(24)16-11-22(21-20-16)15-8-3-2-4-9-15/h2-11H,1H3,(H,18,23)(H,19,24). The Morgan fingerprint density at radius 1 is 0.958 bits per heavy atom. The van der Waals surface area contributed by atoms with Crippen LogP contribution in [0, 0.1) is 0 Å². The molecule has 1 heterocycles. The average molecular weight is 321 g/mol. The molecule has 0 aliphatic rings. The van der Waals surface area contributed by atoms with E-state index >= 15 is 0 Å². The molecule has 0 spiro atoms. The summed E-state index contributed by atoms with van der Waals surface area (Å²) in [5.41, 5.74) is 2.18. The molecule has 3 aromatic rings. The van der Waals surface area contributed by atoms with E-state index in [4.69, 9.17) is 0 Å². The average Bonchev–Trinajstić information content (AvgIpc) is 3.05. The van der Waals surface area contributed by atoms with Crippen LogP contribution in [0.2, 0.25) is 0 Å². The molecule has 7 nitrogen and oxygen atoms in total. The van der Waals surface area contributed by atoms with Crippen molar-refractivity contribution in [3.8, 4) is 5.69 Å². The predicted molar refractivity (Wildman–Crippen MR) is 90.1 cm³/mol. The molecule has 1 aromatic heterocycles. The maximum atomic E-state index is 12.3. The molecule has 0 fully saturated rings. The highest BCUT2D eigenvalue weighted by Gasteiger charge is 2.12. The smallest absolute Gasteiger partial charge is 0.277 e. The van der Waals surface area contributed by atoms with Crippen molar-refractivity contribution >= 4 is 23.2 Å². The fourth-order valence-corrected chi connectivity index (χ4v) is 2.15. The van der Waals surface area contributed by atoms with Gasteiger partial charge in [-0.05, 0) is 30.3 Å². The lowest BCUT2D eigenvalue weighted by molar-refractivity contribution is -0.114. The predicted octanol–water partition coefficient (Wildman–Crippen LogP) is 2.48. The number of rotatable bonds is 4. The summed E-state index contributed by atoms with van der Waals surface area (Å²) < 4.78 is 1.53. The normalized spacial score (nSPS) is 10.2. The highest BCUT2D eigenvalue weighted by Crippen LogP contribution is 2.16. The molecule has 0 unspecified atom stereocenters. The van der Waals surface area contributed by atoms with Gasteiger partial charge in [0.05, 0.1) is 11.9 Å². The van der Waals surface area contributed by atoms with Gasteiger partial charge in [-0.1, -0.05) is 29.5 Å². The fourth-order valence-electron chi connectivity index (χ4n) is 2.15. The van der Waals surface area contributed by atoms with E-state index in [1.165, 1.54) is 11.6 Å². The van der Waals surface area contributed by atoms with Gasteiger partial charge in [-0.2, -0.15) is 0 Å². The SMILES string of the molecule is CC(=O)Nc1cccc(NC(=O)c2cn(-c3ccccc3)nn2)c1. The zero-order chi connectivity index (χ0) is 16.9. The number of carbonyl (C=O) groups excluding carboxylic acids is 2. The quantitative estimate of drug-likeness (QED) is 0.772. The highest BCUT2D eigenvalue weighted by atomic mass is 16.2. The molecule has 0 radical (unpaired) electrons. The minimum absolute atomic E-state index is 0.177. The largest absolute Gasteiger partial charge is 0.326 e. The Morgan fingerprint density at radius 3 is 2.38 bits per heavy atom. The van der Waals surface area contributed by atoms with Crippen molar-refractivity contribution in [3.63, 3.8) is 0 Å². The van der Waals surface area contributed by atoms with E-state index in [0.717, 1.165) is 5.69 Å². The maximum absolute atomic E-state index is 12.3. The first kappa shape index (κ1) is 15.4. The number of hydrogen-bond acceptors (Lipinski definition) is 4. The topological polar surface area (TPSA) is 88.9 Å². The zero-order valence-electron chi connectivity index (χ0n) is 12.9. The third kappa shape index (κ3) is 3.64. The second-order valence-electron chi connectivity index (χ2n) is 5.10. The lowest BCUT2D eigenvalue weighted by Gasteiger charge is -2.06. The summed E-state index contributed by atoms with van der Waals surface area (Å²) in [7, 11) is 0. The van der Waals surface area contributed by atoms with Crippen LogP contribution in [0.3, 0.4) is 0 Å². The number of aromatic nitrogens is 3. The summed E-state index contributed by atoms with van der Waals surface area (Å²) >= 11 is 0. The Kier molecular flexibility index (Phi) is 4.33. The molecule has 0 saturated carbocycles. The Labute approximate surface area is 138 Å². The molecule has 24 heavy (non-hydrogen) atoms. The number of hydrogen-bond donors (Lipinski definition) is 2. The number of anilines is 2. The van der Waals surface area contributed by atoms with Crippen molar-refractivity contribution < 1.29 is 9.59 Å². The summed E-state index contributed by atoms with van der Waals surface area (Å²) in [6.07, 6.45) is 1.56. The van der Waals surface area contributed by atoms with E-state index in [1.807, 2.05) is 30.3 Å². The summed E-state index contributed by atoms with van der Waals surface area (Å²) in [5, 5.41) is 13.2. The van der Waals surface area contributed by atoms with E-state index in [0.29, 0.717) is 11.4 Å². The second-order valence-corrected chi connectivity index (χ2v) is 5.10. The number of carbonyl (C=O) groups is 2. The molecule has 2 amide bonds. The van der Waals surface area contributed by atoms with Gasteiger partial charge >= 0.3 is 0 Å². The number of nitrogens with one attached hydrogen (secondary N) is 2. The van der Waals surface area contributed by atoms with Gasteiger partial charge in [0.1, 0.15) is 0 Å². The molecule has 0 aliphatic heterocycles. The van der Waals surface area contributed by atoms with Crippen LogP contribution < -0.4 is 10.6 Å². The fraction of sp³-hybridized carbons (Fsp3) is 0.0588. The third-order valence-electron chi connectivity index (χ3n) is 3.19.